The van der Waals surface area contributed by atoms with E-state index >= 15 is 0 Å². The molecule has 8 heteroatoms. The normalized spacial score (nSPS) is 11.3. The van der Waals surface area contributed by atoms with Crippen LogP contribution in [0.1, 0.15) is 38.2 Å². The fourth-order valence-corrected chi connectivity index (χ4v) is 2.68. The van der Waals surface area contributed by atoms with Gasteiger partial charge in [-0.2, -0.15) is 0 Å². The highest BCUT2D eigenvalue weighted by Gasteiger charge is 2.26. The maximum atomic E-state index is 12.8. The number of anilines is 1. The van der Waals surface area contributed by atoms with Crippen LogP contribution in [0.25, 0.3) is 10.9 Å². The van der Waals surface area contributed by atoms with Crippen LogP contribution in [0.4, 0.5) is 10.5 Å². The van der Waals surface area contributed by atoms with E-state index in [2.05, 4.69) is 4.98 Å². The van der Waals surface area contributed by atoms with Crippen molar-refractivity contribution in [2.24, 2.45) is 0 Å². The first-order chi connectivity index (χ1) is 13.7. The molecule has 0 fully saturated rings. The van der Waals surface area contributed by atoms with Gasteiger partial charge in [-0.3, -0.25) is 0 Å². The molecule has 0 atom stereocenters. The molecular weight excluding hydrogens is 374 g/mol. The lowest BCUT2D eigenvalue weighted by Crippen LogP contribution is -2.29. The van der Waals surface area contributed by atoms with E-state index in [-0.39, 0.29) is 12.3 Å². The fourth-order valence-electron chi connectivity index (χ4n) is 2.68. The van der Waals surface area contributed by atoms with Crippen molar-refractivity contribution in [3.8, 4) is 11.6 Å². The molecule has 0 aliphatic heterocycles. The zero-order valence-corrected chi connectivity index (χ0v) is 16.8. The topological polar surface area (TPSA) is 106 Å². The summed E-state index contributed by atoms with van der Waals surface area (Å²) in [6.07, 6.45) is 0.800. The second-order valence-electron chi connectivity index (χ2n) is 7.32. The van der Waals surface area contributed by atoms with Gasteiger partial charge in [-0.15, -0.1) is 0 Å². The fraction of sp³-hybridized carbons (Fsp3) is 0.286. The number of nitrogen functional groups attached to an aromatic ring is 1. The zero-order valence-electron chi connectivity index (χ0n) is 16.8. The summed E-state index contributed by atoms with van der Waals surface area (Å²) >= 11 is 0. The highest BCUT2D eigenvalue weighted by atomic mass is 16.6. The molecular formula is C21H23N3O5. The van der Waals surface area contributed by atoms with Gasteiger partial charge in [0.2, 0.25) is 5.88 Å². The molecule has 0 aliphatic rings. The van der Waals surface area contributed by atoms with Crippen molar-refractivity contribution in [2.45, 2.75) is 33.3 Å². The number of carbonyl (C=O) groups excluding carboxylic acids is 2. The van der Waals surface area contributed by atoms with Crippen molar-refractivity contribution in [1.29, 1.82) is 0 Å². The third-order valence-electron chi connectivity index (χ3n) is 3.82. The van der Waals surface area contributed by atoms with Gasteiger partial charge >= 0.3 is 12.1 Å². The Balaban J connectivity index is 2.06. The van der Waals surface area contributed by atoms with Crippen LogP contribution in [0, 0.1) is 0 Å². The monoisotopic (exact) mass is 397 g/mol. The molecule has 8 nitrogen and oxygen atoms in total. The molecule has 0 unspecified atom stereocenters. The van der Waals surface area contributed by atoms with Gasteiger partial charge in [0, 0.05) is 17.5 Å². The molecule has 0 amide bonds. The SMILES string of the molecule is CCOC(=O)c1cc2ccc(Oc3ccc(N)cn3)cc2n1C(=O)OC(C)(C)C. The smallest absolute Gasteiger partial charge is 0.419 e. The van der Waals surface area contributed by atoms with E-state index in [1.54, 1.807) is 64.1 Å². The minimum Gasteiger partial charge on any atom is -0.461 e. The molecule has 3 aromatic rings. The first-order valence-corrected chi connectivity index (χ1v) is 9.13. The molecule has 2 N–H and O–H groups in total. The molecule has 29 heavy (non-hydrogen) atoms. The second-order valence-corrected chi connectivity index (χ2v) is 7.32. The van der Waals surface area contributed by atoms with Crippen LogP contribution in [0.15, 0.2) is 42.6 Å². The lowest BCUT2D eigenvalue weighted by atomic mass is 10.2. The van der Waals surface area contributed by atoms with E-state index in [9.17, 15) is 9.59 Å². The van der Waals surface area contributed by atoms with Gasteiger partial charge in [0.15, 0.2) is 0 Å². The predicted octanol–water partition coefficient (Wildman–Crippen LogP) is 4.37. The summed E-state index contributed by atoms with van der Waals surface area (Å²) < 4.78 is 17.5. The van der Waals surface area contributed by atoms with Gasteiger partial charge in [0.25, 0.3) is 0 Å². The van der Waals surface area contributed by atoms with Gasteiger partial charge in [0.05, 0.1) is 24.0 Å². The van der Waals surface area contributed by atoms with Crippen LogP contribution in [0.2, 0.25) is 0 Å². The Morgan fingerprint density at radius 2 is 1.90 bits per heavy atom. The molecule has 0 spiro atoms. The Kier molecular flexibility index (Phi) is 5.45. The van der Waals surface area contributed by atoms with Crippen LogP contribution in [0.5, 0.6) is 11.6 Å². The Bertz CT molecular complexity index is 1050. The van der Waals surface area contributed by atoms with Gasteiger partial charge in [-0.05, 0) is 52.0 Å². The third kappa shape index (κ3) is 4.66. The van der Waals surface area contributed by atoms with Crippen molar-refractivity contribution in [1.82, 2.24) is 9.55 Å². The number of esters is 1. The molecule has 2 aromatic heterocycles. The predicted molar refractivity (Wildman–Crippen MR) is 108 cm³/mol. The minimum absolute atomic E-state index is 0.0823. The number of aromatic nitrogens is 2. The van der Waals surface area contributed by atoms with Gasteiger partial charge < -0.3 is 19.9 Å². The molecule has 2 heterocycles. The number of rotatable bonds is 4. The molecule has 0 aliphatic carbocycles. The molecule has 0 saturated heterocycles. The zero-order chi connectivity index (χ0) is 21.2. The highest BCUT2D eigenvalue weighted by Crippen LogP contribution is 2.29. The first kappa shape index (κ1) is 20.2. The number of nitrogens with zero attached hydrogens (tertiary/aromatic N) is 2. The van der Waals surface area contributed by atoms with Crippen molar-refractivity contribution < 1.29 is 23.8 Å². The lowest BCUT2D eigenvalue weighted by Gasteiger charge is -2.20. The first-order valence-electron chi connectivity index (χ1n) is 9.13. The van der Waals surface area contributed by atoms with Gasteiger partial charge in [-0.1, -0.05) is 0 Å². The molecule has 152 valence electrons. The van der Waals surface area contributed by atoms with Crippen LogP contribution >= 0.6 is 0 Å². The van der Waals surface area contributed by atoms with Gasteiger partial charge in [-0.25, -0.2) is 19.1 Å². The largest absolute Gasteiger partial charge is 0.461 e. The van der Waals surface area contributed by atoms with E-state index in [0.717, 1.165) is 0 Å². The Labute approximate surface area is 168 Å². The van der Waals surface area contributed by atoms with Crippen molar-refractivity contribution in [2.75, 3.05) is 12.3 Å². The van der Waals surface area contributed by atoms with Crippen molar-refractivity contribution in [3.05, 3.63) is 48.3 Å². The maximum Gasteiger partial charge on any atom is 0.419 e. The van der Waals surface area contributed by atoms with E-state index in [1.165, 1.54) is 10.8 Å². The number of nitrogens with two attached hydrogens (primary N) is 1. The Hall–Kier alpha value is -3.55. The molecule has 3 rings (SSSR count). The Morgan fingerprint density at radius 1 is 1.14 bits per heavy atom. The summed E-state index contributed by atoms with van der Waals surface area (Å²) in [5.41, 5.74) is 5.96. The van der Waals surface area contributed by atoms with E-state index in [1.807, 2.05) is 0 Å². The highest BCUT2D eigenvalue weighted by molar-refractivity contribution is 6.02. The quantitative estimate of drug-likeness (QED) is 0.652. The number of pyridine rings is 1. The van der Waals surface area contributed by atoms with Crippen LogP contribution in [-0.4, -0.2) is 33.8 Å². The average molecular weight is 397 g/mol. The van der Waals surface area contributed by atoms with E-state index in [0.29, 0.717) is 28.2 Å². The summed E-state index contributed by atoms with van der Waals surface area (Å²) in [6, 6.07) is 9.99. The Morgan fingerprint density at radius 3 is 2.52 bits per heavy atom. The molecule has 0 bridgehead atoms. The van der Waals surface area contributed by atoms with Gasteiger partial charge in [0.1, 0.15) is 17.0 Å². The van der Waals surface area contributed by atoms with Crippen molar-refractivity contribution >= 4 is 28.7 Å². The van der Waals surface area contributed by atoms with Crippen LogP contribution < -0.4 is 10.5 Å². The lowest BCUT2D eigenvalue weighted by molar-refractivity contribution is 0.0454. The summed E-state index contributed by atoms with van der Waals surface area (Å²) in [4.78, 5) is 29.3. The molecule has 1 aromatic carbocycles. The van der Waals surface area contributed by atoms with Crippen molar-refractivity contribution in [3.63, 3.8) is 0 Å². The summed E-state index contributed by atoms with van der Waals surface area (Å²) in [5, 5.41) is 0.663. The van der Waals surface area contributed by atoms with E-state index in [4.69, 9.17) is 19.9 Å². The average Bonchev–Trinajstić information content (AvgIpc) is 3.01. The molecule has 0 saturated carbocycles. The van der Waals surface area contributed by atoms with E-state index < -0.39 is 17.7 Å². The second kappa shape index (κ2) is 7.83. The minimum atomic E-state index is -0.735. The summed E-state index contributed by atoms with van der Waals surface area (Å²) in [5.74, 6) is 0.171. The number of benzene rings is 1. The summed E-state index contributed by atoms with van der Waals surface area (Å²) in [6.45, 7) is 7.14. The standard InChI is InChI=1S/C21H23N3O5/c1-5-27-19(25)17-10-13-6-8-15(28-18-9-7-14(22)12-23-18)11-16(13)24(17)20(26)29-21(2,3)4/h6-12H,5,22H2,1-4H3. The number of carbonyl (C=O) groups is 2. The third-order valence-corrected chi connectivity index (χ3v) is 3.82. The van der Waals surface area contributed by atoms with Crippen LogP contribution in [-0.2, 0) is 9.47 Å². The number of ether oxygens (including phenoxy) is 3. The summed E-state index contributed by atoms with van der Waals surface area (Å²) in [7, 11) is 0. The maximum absolute atomic E-state index is 12.8. The number of fused-ring (bicyclic) bond motifs is 1. The molecule has 0 radical (unpaired) electrons. The van der Waals surface area contributed by atoms with Crippen LogP contribution in [0.3, 0.4) is 0 Å². The number of hydrogen-bond donors (Lipinski definition) is 1. The number of hydrogen-bond acceptors (Lipinski definition) is 7.